The summed E-state index contributed by atoms with van der Waals surface area (Å²) < 4.78 is 10.2. The molecule has 0 aliphatic heterocycles. The van der Waals surface area contributed by atoms with Crippen molar-refractivity contribution in [2.75, 3.05) is 7.05 Å². The lowest BCUT2D eigenvalue weighted by molar-refractivity contribution is 0.0965. The lowest BCUT2D eigenvalue weighted by Crippen LogP contribution is -2.25. The number of benzene rings is 1. The number of hydrogen-bond donors (Lipinski definition) is 2. The third kappa shape index (κ3) is 3.19. The number of primary amides is 1. The highest BCUT2D eigenvalue weighted by Crippen LogP contribution is 2.20. The van der Waals surface area contributed by atoms with Gasteiger partial charge in [0, 0.05) is 24.2 Å². The van der Waals surface area contributed by atoms with Crippen LogP contribution in [0.2, 0.25) is 0 Å². The molecule has 3 N–H and O–H groups in total. The number of nitrogens with one attached hydrogen (secondary N) is 1. The van der Waals surface area contributed by atoms with Crippen molar-refractivity contribution in [1.29, 1.82) is 5.41 Å². The molecule has 0 fully saturated rings. The molecule has 3 aromatic rings. The van der Waals surface area contributed by atoms with Crippen LogP contribution in [0.5, 0.6) is 0 Å². The van der Waals surface area contributed by atoms with E-state index in [0.717, 1.165) is 16.9 Å². The first-order valence-corrected chi connectivity index (χ1v) is 7.24. The van der Waals surface area contributed by atoms with Gasteiger partial charge in [-0.1, -0.05) is 29.4 Å². The van der Waals surface area contributed by atoms with E-state index in [4.69, 9.17) is 20.1 Å². The first-order chi connectivity index (χ1) is 11.5. The minimum absolute atomic E-state index is 0.0139. The molecule has 0 unspecified atom stereocenters. The van der Waals surface area contributed by atoms with Gasteiger partial charge in [-0.25, -0.2) is 0 Å². The molecule has 3 rings (SSSR count). The molecule has 0 spiro atoms. The molecule has 0 saturated carbocycles. The lowest BCUT2D eigenvalue weighted by Gasteiger charge is -2.18. The van der Waals surface area contributed by atoms with Crippen molar-refractivity contribution in [1.82, 2.24) is 10.1 Å². The summed E-state index contributed by atoms with van der Waals surface area (Å²) in [7, 11) is 1.83. The number of hydrogen-bond acceptors (Lipinski definition) is 5. The molecule has 0 aliphatic carbocycles. The van der Waals surface area contributed by atoms with E-state index in [1.165, 1.54) is 6.07 Å². The molecular formula is C17H16N4O3. The number of carbonyl (C=O) groups excluding carboxylic acids is 1. The molecule has 7 nitrogen and oxygen atoms in total. The second-order valence-electron chi connectivity index (χ2n) is 5.30. The van der Waals surface area contributed by atoms with E-state index in [9.17, 15) is 4.79 Å². The maximum Gasteiger partial charge on any atom is 0.287 e. The second-order valence-corrected chi connectivity index (χ2v) is 5.30. The zero-order chi connectivity index (χ0) is 17.1. The van der Waals surface area contributed by atoms with E-state index in [1.54, 1.807) is 11.2 Å². The molecule has 0 aliphatic rings. The molecule has 7 heteroatoms. The van der Waals surface area contributed by atoms with E-state index < -0.39 is 5.91 Å². The SMILES string of the molecule is CN(Cc1ccco1)C(=N)c1ccc(-c2cc(C(N)=O)on2)cc1. The number of nitrogens with two attached hydrogens (primary N) is 1. The molecule has 0 bridgehead atoms. The number of amides is 1. The topological polar surface area (TPSA) is 109 Å². The minimum atomic E-state index is -0.660. The maximum atomic E-state index is 11.0. The van der Waals surface area contributed by atoms with E-state index in [1.807, 2.05) is 43.4 Å². The van der Waals surface area contributed by atoms with Crippen molar-refractivity contribution in [3.8, 4) is 11.3 Å². The van der Waals surface area contributed by atoms with Gasteiger partial charge in [-0.2, -0.15) is 0 Å². The Morgan fingerprint density at radius 1 is 1.29 bits per heavy atom. The van der Waals surface area contributed by atoms with E-state index >= 15 is 0 Å². The number of nitrogens with zero attached hydrogens (tertiary/aromatic N) is 2. The summed E-state index contributed by atoms with van der Waals surface area (Å²) in [4.78, 5) is 12.8. The Bertz CT molecular complexity index is 850. The highest BCUT2D eigenvalue weighted by molar-refractivity contribution is 5.96. The average Bonchev–Trinajstić information content (AvgIpc) is 3.26. The lowest BCUT2D eigenvalue weighted by atomic mass is 10.1. The Labute approximate surface area is 138 Å². The number of aromatic nitrogens is 1. The van der Waals surface area contributed by atoms with Crippen molar-refractivity contribution < 1.29 is 13.7 Å². The van der Waals surface area contributed by atoms with Crippen molar-refractivity contribution in [3.05, 3.63) is 65.8 Å². The summed E-state index contributed by atoms with van der Waals surface area (Å²) in [6.45, 7) is 0.513. The quantitative estimate of drug-likeness (QED) is 0.553. The number of rotatable bonds is 5. The molecule has 24 heavy (non-hydrogen) atoms. The molecule has 1 amide bonds. The summed E-state index contributed by atoms with van der Waals surface area (Å²) in [5.74, 6) is 0.517. The molecular weight excluding hydrogens is 308 g/mol. The molecule has 122 valence electrons. The second kappa shape index (κ2) is 6.41. The van der Waals surface area contributed by atoms with Crippen LogP contribution in [0.15, 0.2) is 57.7 Å². The Kier molecular flexibility index (Phi) is 4.15. The zero-order valence-corrected chi connectivity index (χ0v) is 13.0. The predicted octanol–water partition coefficient (Wildman–Crippen LogP) is 2.49. The van der Waals surface area contributed by atoms with Crippen LogP contribution >= 0.6 is 0 Å². The van der Waals surface area contributed by atoms with Crippen molar-refractivity contribution in [3.63, 3.8) is 0 Å². The van der Waals surface area contributed by atoms with Gasteiger partial charge in [0.25, 0.3) is 5.91 Å². The zero-order valence-electron chi connectivity index (χ0n) is 13.0. The van der Waals surface area contributed by atoms with Crippen LogP contribution in [0.3, 0.4) is 0 Å². The third-order valence-electron chi connectivity index (χ3n) is 3.56. The number of amidine groups is 1. The number of carbonyl (C=O) groups is 1. The number of furan rings is 1. The summed E-state index contributed by atoms with van der Waals surface area (Å²) in [5, 5.41) is 12.1. The fourth-order valence-corrected chi connectivity index (χ4v) is 2.26. The molecule has 2 aromatic heterocycles. The Morgan fingerprint density at radius 3 is 2.62 bits per heavy atom. The third-order valence-corrected chi connectivity index (χ3v) is 3.56. The summed E-state index contributed by atoms with van der Waals surface area (Å²) in [6, 6.07) is 12.4. The fraction of sp³-hybridized carbons (Fsp3) is 0.118. The van der Waals surface area contributed by atoms with E-state index in [2.05, 4.69) is 5.16 Å². The smallest absolute Gasteiger partial charge is 0.287 e. The molecule has 2 heterocycles. The highest BCUT2D eigenvalue weighted by Gasteiger charge is 2.13. The summed E-state index contributed by atoms with van der Waals surface area (Å²) in [6.07, 6.45) is 1.61. The first-order valence-electron chi connectivity index (χ1n) is 7.24. The monoisotopic (exact) mass is 324 g/mol. The Balaban J connectivity index is 1.73. The van der Waals surface area contributed by atoms with Crippen molar-refractivity contribution in [2.24, 2.45) is 5.73 Å². The Hall–Kier alpha value is -3.35. The maximum absolute atomic E-state index is 11.0. The fourth-order valence-electron chi connectivity index (χ4n) is 2.26. The summed E-state index contributed by atoms with van der Waals surface area (Å²) in [5.41, 5.74) is 7.19. The van der Waals surface area contributed by atoms with Gasteiger partial charge in [-0.3, -0.25) is 10.2 Å². The van der Waals surface area contributed by atoms with Crippen LogP contribution in [0, 0.1) is 5.41 Å². The standard InChI is InChI=1S/C17H16N4O3/c1-21(10-13-3-2-8-23-13)16(18)12-6-4-11(5-7-12)14-9-15(17(19)22)24-20-14/h2-9,18H,10H2,1H3,(H2,19,22). The van der Waals surface area contributed by atoms with Crippen LogP contribution in [0.4, 0.5) is 0 Å². The van der Waals surface area contributed by atoms with Crippen LogP contribution in [-0.2, 0) is 6.54 Å². The molecule has 0 atom stereocenters. The normalized spacial score (nSPS) is 10.5. The van der Waals surface area contributed by atoms with Gasteiger partial charge in [0.15, 0.2) is 0 Å². The summed E-state index contributed by atoms with van der Waals surface area (Å²) >= 11 is 0. The van der Waals surface area contributed by atoms with Crippen LogP contribution in [-0.4, -0.2) is 28.8 Å². The molecule has 0 radical (unpaired) electrons. The highest BCUT2D eigenvalue weighted by atomic mass is 16.5. The van der Waals surface area contributed by atoms with Crippen LogP contribution in [0.25, 0.3) is 11.3 Å². The van der Waals surface area contributed by atoms with E-state index in [-0.39, 0.29) is 5.76 Å². The van der Waals surface area contributed by atoms with Crippen LogP contribution < -0.4 is 5.73 Å². The first kappa shape index (κ1) is 15.5. The van der Waals surface area contributed by atoms with Gasteiger partial charge in [0.1, 0.15) is 17.3 Å². The average molecular weight is 324 g/mol. The van der Waals surface area contributed by atoms with Gasteiger partial charge in [-0.15, -0.1) is 0 Å². The largest absolute Gasteiger partial charge is 0.467 e. The van der Waals surface area contributed by atoms with Crippen LogP contribution in [0.1, 0.15) is 21.9 Å². The predicted molar refractivity (Wildman–Crippen MR) is 87.5 cm³/mol. The van der Waals surface area contributed by atoms with Gasteiger partial charge >= 0.3 is 0 Å². The van der Waals surface area contributed by atoms with Gasteiger partial charge < -0.3 is 19.6 Å². The minimum Gasteiger partial charge on any atom is -0.467 e. The van der Waals surface area contributed by atoms with Gasteiger partial charge in [-0.05, 0) is 12.1 Å². The molecule has 1 aromatic carbocycles. The van der Waals surface area contributed by atoms with Crippen molar-refractivity contribution in [2.45, 2.75) is 6.54 Å². The Morgan fingerprint density at radius 2 is 2.04 bits per heavy atom. The van der Waals surface area contributed by atoms with Gasteiger partial charge in [0.2, 0.25) is 5.76 Å². The van der Waals surface area contributed by atoms with Crippen molar-refractivity contribution >= 4 is 11.7 Å². The molecule has 0 saturated heterocycles. The van der Waals surface area contributed by atoms with E-state index in [0.29, 0.717) is 18.1 Å². The van der Waals surface area contributed by atoms with Gasteiger partial charge in [0.05, 0.1) is 12.8 Å².